The molecule has 0 saturated heterocycles. The Morgan fingerprint density at radius 3 is 0.747 bits per heavy atom. The van der Waals surface area contributed by atoms with Crippen LogP contribution in [0.2, 0.25) is 0 Å². The summed E-state index contributed by atoms with van der Waals surface area (Å²) in [6.45, 7) is 6.66. The van der Waals surface area contributed by atoms with E-state index in [-0.39, 0.29) is 31.1 Å². The second kappa shape index (κ2) is 68.1. The fourth-order valence-electron chi connectivity index (χ4n) is 10.8. The highest BCUT2D eigenvalue weighted by atomic mass is 16.6. The third-order valence-electron chi connectivity index (χ3n) is 16.1. The number of hydrogen-bond acceptors (Lipinski definition) is 6. The SMILES string of the molecule is CCCCC/C=C\C/C=C\CCCCCCCCCCCC(=O)OC(COC(=O)CCCCCCC/C=C\CCCCCC)COC(=O)CCCCCCCCCCCCCCCCCCCCCCCCCCCCCCC. The van der Waals surface area contributed by atoms with Gasteiger partial charge in [-0.05, 0) is 77.0 Å². The fraction of sp³-hybridized carbons (Fsp3) is 0.877. The Bertz CT molecular complexity index is 1320. The van der Waals surface area contributed by atoms with Crippen molar-refractivity contribution in [1.82, 2.24) is 0 Å². The number of hydrogen-bond donors (Lipinski definition) is 0. The predicted octanol–water partition coefficient (Wildman–Crippen LogP) is 24.3. The van der Waals surface area contributed by atoms with Gasteiger partial charge >= 0.3 is 17.9 Å². The molecule has 0 fully saturated rings. The van der Waals surface area contributed by atoms with Crippen LogP contribution in [0.3, 0.4) is 0 Å². The van der Waals surface area contributed by atoms with Crippen LogP contribution in [0.1, 0.15) is 393 Å². The van der Waals surface area contributed by atoms with E-state index in [1.54, 1.807) is 0 Å². The summed E-state index contributed by atoms with van der Waals surface area (Å²) in [5.41, 5.74) is 0. The molecule has 0 heterocycles. The Morgan fingerprint density at radius 2 is 0.456 bits per heavy atom. The number of esters is 3. The van der Waals surface area contributed by atoms with Crippen molar-refractivity contribution in [1.29, 1.82) is 0 Å². The van der Waals surface area contributed by atoms with Gasteiger partial charge in [-0.2, -0.15) is 0 Å². The summed E-state index contributed by atoms with van der Waals surface area (Å²) >= 11 is 0. The Hall–Kier alpha value is -2.37. The van der Waals surface area contributed by atoms with Crippen molar-refractivity contribution in [3.63, 3.8) is 0 Å². The number of ether oxygens (including phenoxy) is 3. The average molecular weight is 1110 g/mol. The smallest absolute Gasteiger partial charge is 0.306 e. The molecule has 6 nitrogen and oxygen atoms in total. The van der Waals surface area contributed by atoms with Gasteiger partial charge in [0.05, 0.1) is 0 Å². The van der Waals surface area contributed by atoms with Crippen LogP contribution in [0.25, 0.3) is 0 Å². The summed E-state index contributed by atoms with van der Waals surface area (Å²) < 4.78 is 17.0. The minimum Gasteiger partial charge on any atom is -0.462 e. The molecule has 6 heteroatoms. The molecule has 0 aromatic carbocycles. The molecule has 464 valence electrons. The third-order valence-corrected chi connectivity index (χ3v) is 16.1. The molecule has 0 aliphatic carbocycles. The molecule has 1 unspecified atom stereocenters. The molecule has 0 aromatic rings. The van der Waals surface area contributed by atoms with Crippen molar-refractivity contribution < 1.29 is 28.6 Å². The summed E-state index contributed by atoms with van der Waals surface area (Å²) in [6.07, 6.45) is 84.7. The molecule has 0 saturated carbocycles. The summed E-state index contributed by atoms with van der Waals surface area (Å²) in [5, 5.41) is 0. The number of carbonyl (C=O) groups excluding carboxylic acids is 3. The van der Waals surface area contributed by atoms with Gasteiger partial charge in [0, 0.05) is 19.3 Å². The number of allylic oxidation sites excluding steroid dienone is 6. The Morgan fingerprint density at radius 1 is 0.253 bits per heavy atom. The zero-order valence-corrected chi connectivity index (χ0v) is 53.4. The van der Waals surface area contributed by atoms with Crippen molar-refractivity contribution in [2.75, 3.05) is 13.2 Å². The Kier molecular flexibility index (Phi) is 66.1. The van der Waals surface area contributed by atoms with E-state index < -0.39 is 6.10 Å². The minimum absolute atomic E-state index is 0.0720. The van der Waals surface area contributed by atoms with Crippen LogP contribution >= 0.6 is 0 Å². The first-order valence-electron chi connectivity index (χ1n) is 35.5. The molecular weight excluding hydrogens is 973 g/mol. The van der Waals surface area contributed by atoms with Crippen LogP contribution in [0.15, 0.2) is 36.5 Å². The lowest BCUT2D eigenvalue weighted by Crippen LogP contribution is -2.30. The highest BCUT2D eigenvalue weighted by Gasteiger charge is 2.19. The second-order valence-corrected chi connectivity index (χ2v) is 24.1. The molecule has 0 spiro atoms. The molecule has 0 bridgehead atoms. The van der Waals surface area contributed by atoms with E-state index in [0.29, 0.717) is 19.3 Å². The lowest BCUT2D eigenvalue weighted by Gasteiger charge is -2.18. The number of unbranched alkanes of at least 4 members (excludes halogenated alkanes) is 49. The third kappa shape index (κ3) is 66.3. The fourth-order valence-corrected chi connectivity index (χ4v) is 10.8. The van der Waals surface area contributed by atoms with Gasteiger partial charge in [-0.25, -0.2) is 0 Å². The van der Waals surface area contributed by atoms with Gasteiger partial charge in [-0.3, -0.25) is 14.4 Å². The first kappa shape index (κ1) is 76.6. The van der Waals surface area contributed by atoms with E-state index in [0.717, 1.165) is 70.6 Å². The van der Waals surface area contributed by atoms with Gasteiger partial charge in [0.15, 0.2) is 6.10 Å². The van der Waals surface area contributed by atoms with Crippen LogP contribution < -0.4 is 0 Å². The van der Waals surface area contributed by atoms with Gasteiger partial charge in [0.2, 0.25) is 0 Å². The lowest BCUT2D eigenvalue weighted by molar-refractivity contribution is -0.167. The molecule has 1 atom stereocenters. The molecule has 0 aliphatic rings. The molecule has 0 aromatic heterocycles. The summed E-state index contributed by atoms with van der Waals surface area (Å²) in [7, 11) is 0. The van der Waals surface area contributed by atoms with Crippen molar-refractivity contribution in [2.24, 2.45) is 0 Å². The van der Waals surface area contributed by atoms with E-state index >= 15 is 0 Å². The van der Waals surface area contributed by atoms with Crippen molar-refractivity contribution >= 4 is 17.9 Å². The van der Waals surface area contributed by atoms with Crippen molar-refractivity contribution in [3.05, 3.63) is 36.5 Å². The molecular formula is C73H136O6. The van der Waals surface area contributed by atoms with Crippen LogP contribution in [0.4, 0.5) is 0 Å². The quantitative estimate of drug-likeness (QED) is 0.0261. The summed E-state index contributed by atoms with van der Waals surface area (Å²) in [5.74, 6) is -0.859. The highest BCUT2D eigenvalue weighted by molar-refractivity contribution is 5.71. The van der Waals surface area contributed by atoms with E-state index in [1.807, 2.05) is 0 Å². The van der Waals surface area contributed by atoms with Crippen LogP contribution in [-0.2, 0) is 28.6 Å². The van der Waals surface area contributed by atoms with Gasteiger partial charge < -0.3 is 14.2 Å². The standard InChI is InChI=1S/C73H136O6/c1-4-7-10-13-16-19-22-25-27-29-31-32-33-34-35-36-37-38-39-40-42-43-45-48-51-54-57-60-63-66-72(75)78-69-70(68-77-71(74)65-62-59-56-53-50-47-24-21-18-15-12-9-6-3)79-73(76)67-64-61-58-55-52-49-46-44-41-30-28-26-23-20-17-14-11-8-5-2/h17,20-21,24,26,28,70H,4-16,18-19,22-23,25,27,29-69H2,1-3H3/b20-17-,24-21-,28-26-. The first-order chi connectivity index (χ1) is 39.0. The van der Waals surface area contributed by atoms with Crippen LogP contribution in [0.5, 0.6) is 0 Å². The summed E-state index contributed by atoms with van der Waals surface area (Å²) in [4.78, 5) is 38.4. The Balaban J connectivity index is 4.17. The lowest BCUT2D eigenvalue weighted by atomic mass is 10.0. The maximum Gasteiger partial charge on any atom is 0.306 e. The maximum absolute atomic E-state index is 12.9. The highest BCUT2D eigenvalue weighted by Crippen LogP contribution is 2.19. The van der Waals surface area contributed by atoms with E-state index in [4.69, 9.17) is 14.2 Å². The van der Waals surface area contributed by atoms with Gasteiger partial charge in [0.25, 0.3) is 0 Å². The average Bonchev–Trinajstić information content (AvgIpc) is 3.45. The van der Waals surface area contributed by atoms with E-state index in [2.05, 4.69) is 57.2 Å². The van der Waals surface area contributed by atoms with Gasteiger partial charge in [-0.15, -0.1) is 0 Å². The minimum atomic E-state index is -0.777. The summed E-state index contributed by atoms with van der Waals surface area (Å²) in [6, 6.07) is 0. The van der Waals surface area contributed by atoms with Crippen LogP contribution in [0, 0.1) is 0 Å². The molecule has 0 aliphatic heterocycles. The van der Waals surface area contributed by atoms with E-state index in [1.165, 1.54) is 283 Å². The zero-order chi connectivity index (χ0) is 57.1. The molecule has 0 N–H and O–H groups in total. The maximum atomic E-state index is 12.9. The largest absolute Gasteiger partial charge is 0.462 e. The second-order valence-electron chi connectivity index (χ2n) is 24.1. The molecule has 0 rings (SSSR count). The molecule has 79 heavy (non-hydrogen) atoms. The van der Waals surface area contributed by atoms with Crippen molar-refractivity contribution in [2.45, 2.75) is 399 Å². The number of carbonyl (C=O) groups is 3. The van der Waals surface area contributed by atoms with Crippen LogP contribution in [-0.4, -0.2) is 37.2 Å². The van der Waals surface area contributed by atoms with Gasteiger partial charge in [-0.1, -0.05) is 333 Å². The first-order valence-corrected chi connectivity index (χ1v) is 35.5. The predicted molar refractivity (Wildman–Crippen MR) is 344 cm³/mol. The van der Waals surface area contributed by atoms with Crippen molar-refractivity contribution in [3.8, 4) is 0 Å². The Labute approximate surface area is 493 Å². The normalized spacial score (nSPS) is 12.2. The number of rotatable bonds is 66. The molecule has 0 amide bonds. The molecule has 0 radical (unpaired) electrons. The topological polar surface area (TPSA) is 78.9 Å². The monoisotopic (exact) mass is 1110 g/mol. The van der Waals surface area contributed by atoms with Gasteiger partial charge in [0.1, 0.15) is 13.2 Å². The van der Waals surface area contributed by atoms with E-state index in [9.17, 15) is 14.4 Å². The zero-order valence-electron chi connectivity index (χ0n) is 53.4.